The minimum Gasteiger partial charge on any atom is -0.463 e. The second kappa shape index (κ2) is 15.6. The van der Waals surface area contributed by atoms with Gasteiger partial charge in [-0.2, -0.15) is 0 Å². The number of benzene rings is 2. The first-order chi connectivity index (χ1) is 25.9. The fourth-order valence-electron chi connectivity index (χ4n) is 11.9. The Bertz CT molecular complexity index is 1710. The Hall–Kier alpha value is -3.32. The molecule has 0 radical (unpaired) electrons. The maximum atomic E-state index is 13.8. The SMILES string of the molecule is CC(=O)c1cc2c(cc1C(C)C)CCC1C(C)(C(=O)OCCOCCOC(=O)C3(C)CCCC4(C)c5cc(C(C)=O)c(C(C)C)cc5CCC34)CCCC21C. The highest BCUT2D eigenvalue weighted by Crippen LogP contribution is 2.59. The van der Waals surface area contributed by atoms with E-state index in [-0.39, 0.29) is 84.4 Å². The molecule has 2 saturated carbocycles. The van der Waals surface area contributed by atoms with Gasteiger partial charge in [0, 0.05) is 11.1 Å². The van der Waals surface area contributed by atoms with Crippen LogP contribution in [0.3, 0.4) is 0 Å². The molecule has 0 N–H and O–H groups in total. The van der Waals surface area contributed by atoms with Gasteiger partial charge in [-0.15, -0.1) is 0 Å². The molecule has 0 spiro atoms. The zero-order valence-corrected chi connectivity index (χ0v) is 35.4. The topological polar surface area (TPSA) is 96.0 Å². The number of rotatable bonds is 12. The second-order valence-electron chi connectivity index (χ2n) is 19.1. The van der Waals surface area contributed by atoms with Gasteiger partial charge in [0.25, 0.3) is 0 Å². The van der Waals surface area contributed by atoms with Gasteiger partial charge in [0.1, 0.15) is 13.2 Å². The highest BCUT2D eigenvalue weighted by molar-refractivity contribution is 5.97. The maximum absolute atomic E-state index is 13.8. The summed E-state index contributed by atoms with van der Waals surface area (Å²) in [7, 11) is 0. The number of fused-ring (bicyclic) bond motifs is 6. The van der Waals surface area contributed by atoms with Crippen molar-refractivity contribution in [1.29, 1.82) is 0 Å². The lowest BCUT2D eigenvalue weighted by molar-refractivity contribution is -0.167. The molecule has 0 aromatic heterocycles. The van der Waals surface area contributed by atoms with Gasteiger partial charge in [-0.3, -0.25) is 19.2 Å². The average molecular weight is 755 g/mol. The van der Waals surface area contributed by atoms with Crippen LogP contribution in [0.1, 0.15) is 187 Å². The van der Waals surface area contributed by atoms with Gasteiger partial charge in [-0.1, -0.05) is 66.5 Å². The second-order valence-corrected chi connectivity index (χ2v) is 19.1. The molecule has 4 aliphatic carbocycles. The minimum atomic E-state index is -0.624. The zero-order valence-electron chi connectivity index (χ0n) is 35.4. The molecule has 2 fully saturated rings. The third kappa shape index (κ3) is 7.25. The van der Waals surface area contributed by atoms with E-state index in [1.54, 1.807) is 13.8 Å². The number of ether oxygens (including phenoxy) is 3. The lowest BCUT2D eigenvalue weighted by atomic mass is 9.49. The number of hydrogen-bond acceptors (Lipinski definition) is 7. The minimum absolute atomic E-state index is 0.0943. The van der Waals surface area contributed by atoms with E-state index in [2.05, 4.69) is 79.7 Å². The van der Waals surface area contributed by atoms with Crippen LogP contribution < -0.4 is 0 Å². The summed E-state index contributed by atoms with van der Waals surface area (Å²) in [5.74, 6) is 0.612. The lowest BCUT2D eigenvalue weighted by Gasteiger charge is -2.54. The molecule has 6 atom stereocenters. The fraction of sp³-hybridized carbons (Fsp3) is 0.667. The lowest BCUT2D eigenvalue weighted by Crippen LogP contribution is -2.53. The van der Waals surface area contributed by atoms with Crippen LogP contribution in [0.4, 0.5) is 0 Å². The number of Topliss-reactive ketones (excluding diaryl/α,β-unsaturated/α-hetero) is 2. The first-order valence-electron chi connectivity index (χ1n) is 21.2. The van der Waals surface area contributed by atoms with E-state index >= 15 is 0 Å². The molecule has 6 rings (SSSR count). The number of hydrogen-bond donors (Lipinski definition) is 0. The number of carbonyl (C=O) groups excluding carboxylic acids is 4. The molecule has 0 amide bonds. The van der Waals surface area contributed by atoms with Crippen LogP contribution in [0.25, 0.3) is 0 Å². The molecule has 4 aliphatic rings. The van der Waals surface area contributed by atoms with Gasteiger partial charge in [-0.05, 0) is 159 Å². The van der Waals surface area contributed by atoms with Crippen molar-refractivity contribution < 1.29 is 33.4 Å². The van der Waals surface area contributed by atoms with Crippen molar-refractivity contribution in [1.82, 2.24) is 0 Å². The van der Waals surface area contributed by atoms with E-state index in [0.717, 1.165) is 86.5 Å². The van der Waals surface area contributed by atoms with Crippen LogP contribution in [-0.4, -0.2) is 49.9 Å². The summed E-state index contributed by atoms with van der Waals surface area (Å²) in [5, 5.41) is 0. The van der Waals surface area contributed by atoms with Crippen molar-refractivity contribution in [2.75, 3.05) is 26.4 Å². The van der Waals surface area contributed by atoms with E-state index in [1.165, 1.54) is 22.3 Å². The molecule has 55 heavy (non-hydrogen) atoms. The molecule has 6 unspecified atom stereocenters. The summed E-state index contributed by atoms with van der Waals surface area (Å²) >= 11 is 0. The van der Waals surface area contributed by atoms with Crippen molar-refractivity contribution >= 4 is 23.5 Å². The predicted molar refractivity (Wildman–Crippen MR) is 216 cm³/mol. The molecule has 300 valence electrons. The molecule has 0 bridgehead atoms. The molecule has 2 aromatic rings. The molecular weight excluding hydrogens is 689 g/mol. The Morgan fingerprint density at radius 1 is 0.600 bits per heavy atom. The number of ketones is 2. The van der Waals surface area contributed by atoms with Gasteiger partial charge in [0.05, 0.1) is 24.0 Å². The Morgan fingerprint density at radius 2 is 0.982 bits per heavy atom. The summed E-state index contributed by atoms with van der Waals surface area (Å²) in [6.07, 6.45) is 8.99. The van der Waals surface area contributed by atoms with Crippen molar-refractivity contribution in [3.8, 4) is 0 Å². The maximum Gasteiger partial charge on any atom is 0.312 e. The Morgan fingerprint density at radius 3 is 1.33 bits per heavy atom. The molecule has 0 saturated heterocycles. The van der Waals surface area contributed by atoms with E-state index in [4.69, 9.17) is 14.2 Å². The Kier molecular flexibility index (Phi) is 11.7. The Balaban J connectivity index is 1.02. The highest BCUT2D eigenvalue weighted by Gasteiger charge is 2.57. The monoisotopic (exact) mass is 754 g/mol. The average Bonchev–Trinajstić information content (AvgIpc) is 3.12. The number of esters is 2. The van der Waals surface area contributed by atoms with E-state index in [0.29, 0.717) is 0 Å². The van der Waals surface area contributed by atoms with Crippen LogP contribution in [0, 0.1) is 22.7 Å². The van der Waals surface area contributed by atoms with Crippen molar-refractivity contribution in [3.63, 3.8) is 0 Å². The first kappa shape index (κ1) is 41.3. The molecule has 0 aliphatic heterocycles. The predicted octanol–water partition coefficient (Wildman–Crippen LogP) is 10.2. The molecular formula is C48H66O7. The van der Waals surface area contributed by atoms with Gasteiger partial charge in [0.15, 0.2) is 11.6 Å². The van der Waals surface area contributed by atoms with Crippen LogP contribution in [0.2, 0.25) is 0 Å². The summed E-state index contributed by atoms with van der Waals surface area (Å²) in [6.45, 7) is 21.4. The van der Waals surface area contributed by atoms with Gasteiger partial charge >= 0.3 is 11.9 Å². The van der Waals surface area contributed by atoms with Gasteiger partial charge < -0.3 is 14.2 Å². The van der Waals surface area contributed by atoms with Crippen LogP contribution in [0.5, 0.6) is 0 Å². The largest absolute Gasteiger partial charge is 0.463 e. The van der Waals surface area contributed by atoms with Crippen molar-refractivity contribution in [2.24, 2.45) is 22.7 Å². The Labute approximate surface area is 330 Å². The fourth-order valence-corrected chi connectivity index (χ4v) is 11.9. The van der Waals surface area contributed by atoms with Crippen molar-refractivity contribution in [2.45, 2.75) is 156 Å². The van der Waals surface area contributed by atoms with Gasteiger partial charge in [0.2, 0.25) is 0 Å². The summed E-state index contributed by atoms with van der Waals surface area (Å²) in [5.41, 5.74) is 7.30. The molecule has 0 heterocycles. The highest BCUT2D eigenvalue weighted by atomic mass is 16.6. The molecule has 7 nitrogen and oxygen atoms in total. The number of carbonyl (C=O) groups is 4. The smallest absolute Gasteiger partial charge is 0.312 e. The van der Waals surface area contributed by atoms with Crippen LogP contribution >= 0.6 is 0 Å². The van der Waals surface area contributed by atoms with E-state index in [9.17, 15) is 19.2 Å². The third-order valence-electron chi connectivity index (χ3n) is 14.9. The quantitative estimate of drug-likeness (QED) is 0.121. The third-order valence-corrected chi connectivity index (χ3v) is 14.9. The molecule has 7 heteroatoms. The summed E-state index contributed by atoms with van der Waals surface area (Å²) < 4.78 is 17.7. The zero-order chi connectivity index (χ0) is 40.1. The molecule has 2 aromatic carbocycles. The van der Waals surface area contributed by atoms with E-state index in [1.807, 2.05) is 0 Å². The number of aryl methyl sites for hydroxylation is 2. The summed E-state index contributed by atoms with van der Waals surface area (Å²) in [6, 6.07) is 8.80. The summed E-state index contributed by atoms with van der Waals surface area (Å²) in [4.78, 5) is 53.1. The van der Waals surface area contributed by atoms with Crippen molar-refractivity contribution in [3.05, 3.63) is 68.8 Å². The normalized spacial score (nSPS) is 29.8. The van der Waals surface area contributed by atoms with E-state index < -0.39 is 10.8 Å². The van der Waals surface area contributed by atoms with Crippen LogP contribution in [-0.2, 0) is 47.5 Å². The standard InChI is InChI=1S/C48H66O7/c1-29(2)35-25-33-13-15-41-45(7,39(33)27-37(35)31(5)49)17-11-19-47(41,9)43(51)54-23-21-53-22-24-55-44(52)48(10)20-12-18-46(8)40-28-38(32(6)50)36(30(3)4)26-34(40)14-16-42(46)48/h25-30,41-42H,11-24H2,1-10H3. The first-order valence-corrected chi connectivity index (χ1v) is 21.2. The van der Waals surface area contributed by atoms with Crippen LogP contribution in [0.15, 0.2) is 24.3 Å². The van der Waals surface area contributed by atoms with Gasteiger partial charge in [-0.25, -0.2) is 0 Å².